The van der Waals surface area contributed by atoms with Crippen LogP contribution in [-0.2, 0) is 17.9 Å². The SMILES string of the molecule is CCCCNC(=O)Cn1c(CNC(=O)c2ccco2)nc2ccccc21. The van der Waals surface area contributed by atoms with Gasteiger partial charge in [-0.25, -0.2) is 4.98 Å². The van der Waals surface area contributed by atoms with Gasteiger partial charge in [-0.15, -0.1) is 0 Å². The molecular formula is C19H22N4O3. The van der Waals surface area contributed by atoms with Crippen molar-refractivity contribution >= 4 is 22.8 Å². The van der Waals surface area contributed by atoms with Crippen LogP contribution in [0.4, 0.5) is 0 Å². The minimum absolute atomic E-state index is 0.0692. The third-order valence-electron chi connectivity index (χ3n) is 4.04. The zero-order valence-corrected chi connectivity index (χ0v) is 14.7. The summed E-state index contributed by atoms with van der Waals surface area (Å²) in [6.07, 6.45) is 3.42. The van der Waals surface area contributed by atoms with E-state index in [1.165, 1.54) is 6.26 Å². The van der Waals surface area contributed by atoms with Crippen molar-refractivity contribution in [3.05, 3.63) is 54.2 Å². The number of carbonyl (C=O) groups is 2. The highest BCUT2D eigenvalue weighted by Gasteiger charge is 2.15. The van der Waals surface area contributed by atoms with Crippen LogP contribution in [0.25, 0.3) is 11.0 Å². The van der Waals surface area contributed by atoms with Crippen molar-refractivity contribution in [1.29, 1.82) is 0 Å². The van der Waals surface area contributed by atoms with Crippen molar-refractivity contribution in [3.63, 3.8) is 0 Å². The van der Waals surface area contributed by atoms with Crippen molar-refractivity contribution < 1.29 is 14.0 Å². The molecule has 0 saturated heterocycles. The molecule has 0 atom stereocenters. The Bertz CT molecular complexity index is 883. The molecule has 7 heteroatoms. The maximum Gasteiger partial charge on any atom is 0.287 e. The van der Waals surface area contributed by atoms with Crippen molar-refractivity contribution in [2.75, 3.05) is 6.54 Å². The van der Waals surface area contributed by atoms with Crippen molar-refractivity contribution in [2.45, 2.75) is 32.9 Å². The average molecular weight is 354 g/mol. The van der Waals surface area contributed by atoms with Crippen LogP contribution in [0.1, 0.15) is 36.1 Å². The summed E-state index contributed by atoms with van der Waals surface area (Å²) >= 11 is 0. The third-order valence-corrected chi connectivity index (χ3v) is 4.04. The van der Waals surface area contributed by atoms with Gasteiger partial charge in [-0.2, -0.15) is 0 Å². The first-order valence-corrected chi connectivity index (χ1v) is 8.71. The molecule has 3 aromatic rings. The van der Waals surface area contributed by atoms with E-state index in [0.29, 0.717) is 12.4 Å². The maximum absolute atomic E-state index is 12.2. The summed E-state index contributed by atoms with van der Waals surface area (Å²) in [7, 11) is 0. The standard InChI is InChI=1S/C19H22N4O3/c1-2-3-10-20-18(24)13-23-15-8-5-4-7-14(15)22-17(23)12-21-19(25)16-9-6-11-26-16/h4-9,11H,2-3,10,12-13H2,1H3,(H,20,24)(H,21,25). The Morgan fingerprint density at radius 1 is 1.15 bits per heavy atom. The molecule has 2 heterocycles. The summed E-state index contributed by atoms with van der Waals surface area (Å²) in [4.78, 5) is 28.9. The van der Waals surface area contributed by atoms with Gasteiger partial charge in [0.05, 0.1) is 23.8 Å². The highest BCUT2D eigenvalue weighted by Crippen LogP contribution is 2.16. The summed E-state index contributed by atoms with van der Waals surface area (Å²) in [5.41, 5.74) is 1.65. The van der Waals surface area contributed by atoms with E-state index >= 15 is 0 Å². The second kappa shape index (κ2) is 8.33. The Morgan fingerprint density at radius 3 is 2.77 bits per heavy atom. The number of rotatable bonds is 8. The summed E-state index contributed by atoms with van der Waals surface area (Å²) in [6, 6.07) is 10.9. The Kier molecular flexibility index (Phi) is 5.68. The lowest BCUT2D eigenvalue weighted by atomic mass is 10.3. The predicted molar refractivity (Wildman–Crippen MR) is 97.5 cm³/mol. The number of aromatic nitrogens is 2. The Balaban J connectivity index is 1.76. The van der Waals surface area contributed by atoms with E-state index in [1.807, 2.05) is 28.8 Å². The molecule has 2 amide bonds. The third kappa shape index (κ3) is 4.11. The molecule has 0 aliphatic rings. The van der Waals surface area contributed by atoms with E-state index in [2.05, 4.69) is 22.5 Å². The summed E-state index contributed by atoms with van der Waals surface area (Å²) in [6.45, 7) is 3.11. The van der Waals surface area contributed by atoms with Crippen LogP contribution in [0.5, 0.6) is 0 Å². The monoisotopic (exact) mass is 354 g/mol. The molecule has 0 fully saturated rings. The van der Waals surface area contributed by atoms with Gasteiger partial charge in [-0.1, -0.05) is 25.5 Å². The van der Waals surface area contributed by atoms with Gasteiger partial charge in [0, 0.05) is 6.54 Å². The lowest BCUT2D eigenvalue weighted by Crippen LogP contribution is -2.30. The van der Waals surface area contributed by atoms with Crippen LogP contribution in [-0.4, -0.2) is 27.9 Å². The fraction of sp³-hybridized carbons (Fsp3) is 0.316. The first kappa shape index (κ1) is 17.7. The topological polar surface area (TPSA) is 89.2 Å². The van der Waals surface area contributed by atoms with Crippen LogP contribution >= 0.6 is 0 Å². The van der Waals surface area contributed by atoms with Gasteiger partial charge in [0.25, 0.3) is 5.91 Å². The zero-order valence-electron chi connectivity index (χ0n) is 14.7. The smallest absolute Gasteiger partial charge is 0.287 e. The van der Waals surface area contributed by atoms with Gasteiger partial charge >= 0.3 is 0 Å². The van der Waals surface area contributed by atoms with E-state index < -0.39 is 0 Å². The molecule has 0 aliphatic heterocycles. The molecule has 7 nitrogen and oxygen atoms in total. The minimum atomic E-state index is -0.319. The number of benzene rings is 1. The highest BCUT2D eigenvalue weighted by molar-refractivity contribution is 5.91. The molecule has 2 aromatic heterocycles. The molecule has 136 valence electrons. The maximum atomic E-state index is 12.2. The number of furan rings is 1. The molecule has 0 saturated carbocycles. The van der Waals surface area contributed by atoms with Crippen molar-refractivity contribution in [2.24, 2.45) is 0 Å². The van der Waals surface area contributed by atoms with E-state index in [9.17, 15) is 9.59 Å². The predicted octanol–water partition coefficient (Wildman–Crippen LogP) is 2.48. The molecule has 0 radical (unpaired) electrons. The number of nitrogens with zero attached hydrogens (tertiary/aromatic N) is 2. The fourth-order valence-corrected chi connectivity index (χ4v) is 2.70. The number of para-hydroxylation sites is 2. The fourth-order valence-electron chi connectivity index (χ4n) is 2.70. The number of hydrogen-bond donors (Lipinski definition) is 2. The number of nitrogens with one attached hydrogen (secondary N) is 2. The van der Waals surface area contributed by atoms with Gasteiger partial charge in [-0.3, -0.25) is 9.59 Å². The van der Waals surface area contributed by atoms with Crippen LogP contribution in [0.2, 0.25) is 0 Å². The minimum Gasteiger partial charge on any atom is -0.459 e. The molecule has 0 unspecified atom stereocenters. The van der Waals surface area contributed by atoms with E-state index in [1.54, 1.807) is 12.1 Å². The first-order chi connectivity index (χ1) is 12.7. The Hall–Kier alpha value is -3.09. The Labute approximate surface area is 151 Å². The van der Waals surface area contributed by atoms with Crippen LogP contribution in [0.3, 0.4) is 0 Å². The van der Waals surface area contributed by atoms with Crippen molar-refractivity contribution in [3.8, 4) is 0 Å². The largest absolute Gasteiger partial charge is 0.459 e. The molecule has 3 rings (SSSR count). The van der Waals surface area contributed by atoms with Gasteiger partial charge in [0.1, 0.15) is 12.4 Å². The first-order valence-electron chi connectivity index (χ1n) is 8.71. The average Bonchev–Trinajstić information content (AvgIpc) is 3.29. The Morgan fingerprint density at radius 2 is 2.00 bits per heavy atom. The van der Waals surface area contributed by atoms with E-state index in [-0.39, 0.29) is 30.7 Å². The van der Waals surface area contributed by atoms with Gasteiger partial charge in [-0.05, 0) is 30.7 Å². The number of unbranched alkanes of at least 4 members (excludes halogenated alkanes) is 1. The van der Waals surface area contributed by atoms with Gasteiger partial charge < -0.3 is 19.6 Å². The van der Waals surface area contributed by atoms with Gasteiger partial charge in [0.2, 0.25) is 5.91 Å². The summed E-state index contributed by atoms with van der Waals surface area (Å²) < 4.78 is 6.92. The second-order valence-electron chi connectivity index (χ2n) is 5.97. The van der Waals surface area contributed by atoms with E-state index in [0.717, 1.165) is 23.9 Å². The van der Waals surface area contributed by atoms with Crippen LogP contribution < -0.4 is 10.6 Å². The molecule has 0 bridgehead atoms. The van der Waals surface area contributed by atoms with Crippen LogP contribution in [0.15, 0.2) is 47.1 Å². The number of fused-ring (bicyclic) bond motifs is 1. The number of imidazole rings is 1. The summed E-state index contributed by atoms with van der Waals surface area (Å²) in [5.74, 6) is 0.475. The second-order valence-corrected chi connectivity index (χ2v) is 5.97. The van der Waals surface area contributed by atoms with Crippen molar-refractivity contribution in [1.82, 2.24) is 20.2 Å². The number of amides is 2. The molecule has 26 heavy (non-hydrogen) atoms. The molecule has 1 aromatic carbocycles. The number of hydrogen-bond acceptors (Lipinski definition) is 4. The van der Waals surface area contributed by atoms with Crippen LogP contribution in [0, 0.1) is 0 Å². The van der Waals surface area contributed by atoms with Gasteiger partial charge in [0.15, 0.2) is 5.76 Å². The summed E-state index contributed by atoms with van der Waals surface area (Å²) in [5, 5.41) is 5.69. The van der Waals surface area contributed by atoms with E-state index in [4.69, 9.17) is 4.42 Å². The lowest BCUT2D eigenvalue weighted by Gasteiger charge is -2.10. The number of carbonyl (C=O) groups excluding carboxylic acids is 2. The molecule has 0 aliphatic carbocycles. The quantitative estimate of drug-likeness (QED) is 0.608. The molecule has 2 N–H and O–H groups in total. The zero-order chi connectivity index (χ0) is 18.4. The lowest BCUT2D eigenvalue weighted by molar-refractivity contribution is -0.121. The molecule has 0 spiro atoms. The highest BCUT2D eigenvalue weighted by atomic mass is 16.3. The normalized spacial score (nSPS) is 10.8. The molecular weight excluding hydrogens is 332 g/mol.